The van der Waals surface area contributed by atoms with E-state index in [1.54, 1.807) is 14.2 Å². The lowest BCUT2D eigenvalue weighted by atomic mass is 10.1. The lowest BCUT2D eigenvalue weighted by Crippen LogP contribution is -2.27. The van der Waals surface area contributed by atoms with Gasteiger partial charge >= 0.3 is 5.97 Å². The number of carbonyl (C=O) groups excluding carboxylic acids is 1. The molecule has 0 amide bonds. The van der Waals surface area contributed by atoms with Crippen LogP contribution in [0.2, 0.25) is 0 Å². The molecule has 1 rings (SSSR count). The van der Waals surface area contributed by atoms with Crippen LogP contribution in [0.5, 0.6) is 11.5 Å². The number of esters is 1. The third-order valence-electron chi connectivity index (χ3n) is 2.86. The maximum Gasteiger partial charge on any atom is 0.309 e. The molecule has 0 aliphatic heterocycles. The minimum Gasteiger partial charge on any atom is -0.497 e. The van der Waals surface area contributed by atoms with Gasteiger partial charge in [-0.05, 0) is 6.07 Å². The Bertz CT molecular complexity index is 420. The largest absolute Gasteiger partial charge is 0.497 e. The van der Waals surface area contributed by atoms with Crippen LogP contribution in [0, 0.1) is 5.92 Å². The van der Waals surface area contributed by atoms with Gasteiger partial charge in [0.2, 0.25) is 0 Å². The molecule has 5 heteroatoms. The summed E-state index contributed by atoms with van der Waals surface area (Å²) in [7, 11) is 4.63. The Kier molecular flexibility index (Phi) is 6.15. The lowest BCUT2D eigenvalue weighted by molar-refractivity contribution is -0.144. The number of nitrogens with one attached hydrogen (secondary N) is 1. The molecule has 1 aromatic carbocycles. The number of hydrogen-bond donors (Lipinski definition) is 1. The van der Waals surface area contributed by atoms with Crippen LogP contribution in [0.25, 0.3) is 0 Å². The first-order chi connectivity index (χ1) is 9.12. The summed E-state index contributed by atoms with van der Waals surface area (Å²) < 4.78 is 15.1. The van der Waals surface area contributed by atoms with E-state index in [0.717, 1.165) is 17.1 Å². The summed E-state index contributed by atoms with van der Waals surface area (Å²) in [6, 6.07) is 5.65. The van der Waals surface area contributed by atoms with E-state index in [4.69, 9.17) is 9.47 Å². The van der Waals surface area contributed by atoms with Crippen molar-refractivity contribution in [3.05, 3.63) is 23.8 Å². The number of benzene rings is 1. The zero-order valence-corrected chi connectivity index (χ0v) is 11.9. The first-order valence-electron chi connectivity index (χ1n) is 6.11. The summed E-state index contributed by atoms with van der Waals surface area (Å²) in [5, 5.41) is 3.21. The number of hydrogen-bond acceptors (Lipinski definition) is 5. The second kappa shape index (κ2) is 7.63. The van der Waals surface area contributed by atoms with E-state index in [1.165, 1.54) is 7.11 Å². The molecule has 0 fully saturated rings. The molecule has 1 aromatic rings. The van der Waals surface area contributed by atoms with E-state index in [0.29, 0.717) is 13.1 Å². The van der Waals surface area contributed by atoms with Crippen molar-refractivity contribution in [3.8, 4) is 11.5 Å². The van der Waals surface area contributed by atoms with E-state index in [1.807, 2.05) is 25.1 Å². The average molecular weight is 267 g/mol. The molecule has 0 saturated heterocycles. The summed E-state index contributed by atoms with van der Waals surface area (Å²) >= 11 is 0. The Morgan fingerprint density at radius 3 is 2.58 bits per heavy atom. The highest BCUT2D eigenvalue weighted by atomic mass is 16.5. The summed E-state index contributed by atoms with van der Waals surface area (Å²) in [6.07, 6.45) is 0. The van der Waals surface area contributed by atoms with Gasteiger partial charge in [0.1, 0.15) is 11.5 Å². The quantitative estimate of drug-likeness (QED) is 0.760. The van der Waals surface area contributed by atoms with Crippen molar-refractivity contribution >= 4 is 5.97 Å². The molecule has 0 radical (unpaired) electrons. The maximum absolute atomic E-state index is 11.3. The highest BCUT2D eigenvalue weighted by molar-refractivity contribution is 5.72. The topological polar surface area (TPSA) is 56.8 Å². The molecular formula is C14H21NO4. The van der Waals surface area contributed by atoms with Crippen LogP contribution in [0.15, 0.2) is 18.2 Å². The van der Waals surface area contributed by atoms with E-state index in [9.17, 15) is 4.79 Å². The van der Waals surface area contributed by atoms with Crippen LogP contribution in [-0.2, 0) is 16.1 Å². The van der Waals surface area contributed by atoms with Gasteiger partial charge in [-0.3, -0.25) is 4.79 Å². The van der Waals surface area contributed by atoms with Crippen molar-refractivity contribution in [1.29, 1.82) is 0 Å². The van der Waals surface area contributed by atoms with Gasteiger partial charge < -0.3 is 19.5 Å². The minimum atomic E-state index is -0.214. The first-order valence-corrected chi connectivity index (χ1v) is 6.11. The molecular weight excluding hydrogens is 246 g/mol. The predicted octanol–water partition coefficient (Wildman–Crippen LogP) is 1.60. The minimum absolute atomic E-state index is 0.172. The van der Waals surface area contributed by atoms with Gasteiger partial charge in [-0.15, -0.1) is 0 Å². The van der Waals surface area contributed by atoms with E-state index in [-0.39, 0.29) is 11.9 Å². The van der Waals surface area contributed by atoms with Gasteiger partial charge in [0, 0.05) is 24.7 Å². The van der Waals surface area contributed by atoms with Crippen LogP contribution in [0.4, 0.5) is 0 Å². The summed E-state index contributed by atoms with van der Waals surface area (Å²) in [4.78, 5) is 11.3. The Morgan fingerprint density at radius 1 is 1.26 bits per heavy atom. The van der Waals surface area contributed by atoms with Crippen LogP contribution in [0.1, 0.15) is 12.5 Å². The number of rotatable bonds is 7. The van der Waals surface area contributed by atoms with Crippen molar-refractivity contribution < 1.29 is 19.0 Å². The molecule has 0 aliphatic carbocycles. The van der Waals surface area contributed by atoms with Crippen LogP contribution in [0.3, 0.4) is 0 Å². The highest BCUT2D eigenvalue weighted by Gasteiger charge is 2.12. The fraction of sp³-hybridized carbons (Fsp3) is 0.500. The second-order valence-electron chi connectivity index (χ2n) is 4.23. The van der Waals surface area contributed by atoms with Crippen molar-refractivity contribution in [2.75, 3.05) is 27.9 Å². The monoisotopic (exact) mass is 267 g/mol. The zero-order chi connectivity index (χ0) is 14.3. The molecule has 1 N–H and O–H groups in total. The zero-order valence-electron chi connectivity index (χ0n) is 11.9. The van der Waals surface area contributed by atoms with Crippen LogP contribution in [-0.4, -0.2) is 33.8 Å². The normalized spacial score (nSPS) is 11.8. The van der Waals surface area contributed by atoms with Crippen molar-refractivity contribution in [2.24, 2.45) is 5.92 Å². The van der Waals surface area contributed by atoms with Crippen LogP contribution >= 0.6 is 0 Å². The van der Waals surface area contributed by atoms with E-state index < -0.39 is 0 Å². The number of ether oxygens (including phenoxy) is 3. The van der Waals surface area contributed by atoms with Crippen LogP contribution < -0.4 is 14.8 Å². The second-order valence-corrected chi connectivity index (χ2v) is 4.23. The third kappa shape index (κ3) is 4.44. The molecule has 0 heterocycles. The molecule has 0 bridgehead atoms. The van der Waals surface area contributed by atoms with E-state index in [2.05, 4.69) is 10.1 Å². The smallest absolute Gasteiger partial charge is 0.309 e. The molecule has 106 valence electrons. The molecule has 1 atom stereocenters. The highest BCUT2D eigenvalue weighted by Crippen LogP contribution is 2.24. The fourth-order valence-corrected chi connectivity index (χ4v) is 1.71. The SMILES string of the molecule is COC(=O)C(C)CNCc1ccc(OC)cc1OC. The van der Waals surface area contributed by atoms with Crippen molar-refractivity contribution in [3.63, 3.8) is 0 Å². The van der Waals surface area contributed by atoms with Gasteiger partial charge in [0.25, 0.3) is 0 Å². The Labute approximate surface area is 113 Å². The molecule has 0 aromatic heterocycles. The molecule has 19 heavy (non-hydrogen) atoms. The molecule has 0 saturated carbocycles. The maximum atomic E-state index is 11.3. The molecule has 5 nitrogen and oxygen atoms in total. The number of methoxy groups -OCH3 is 3. The summed E-state index contributed by atoms with van der Waals surface area (Å²) in [6.45, 7) is 3.00. The van der Waals surface area contributed by atoms with Gasteiger partial charge in [-0.1, -0.05) is 13.0 Å². The summed E-state index contributed by atoms with van der Waals surface area (Å²) in [5.41, 5.74) is 1.01. The van der Waals surface area contributed by atoms with Crippen molar-refractivity contribution in [2.45, 2.75) is 13.5 Å². The van der Waals surface area contributed by atoms with Gasteiger partial charge in [0.05, 0.1) is 27.2 Å². The van der Waals surface area contributed by atoms with Gasteiger partial charge in [-0.25, -0.2) is 0 Å². The Morgan fingerprint density at radius 2 is 2.00 bits per heavy atom. The average Bonchev–Trinajstić information content (AvgIpc) is 2.46. The van der Waals surface area contributed by atoms with Gasteiger partial charge in [-0.2, -0.15) is 0 Å². The standard InChI is InChI=1S/C14H21NO4/c1-10(14(16)19-4)8-15-9-11-5-6-12(17-2)7-13(11)18-3/h5-7,10,15H,8-9H2,1-4H3. The first kappa shape index (κ1) is 15.3. The number of carbonyl (C=O) groups is 1. The van der Waals surface area contributed by atoms with Gasteiger partial charge in [0.15, 0.2) is 0 Å². The molecule has 1 unspecified atom stereocenters. The molecule has 0 spiro atoms. The fourth-order valence-electron chi connectivity index (χ4n) is 1.71. The Balaban J connectivity index is 2.55. The Hall–Kier alpha value is -1.75. The molecule has 0 aliphatic rings. The van der Waals surface area contributed by atoms with E-state index >= 15 is 0 Å². The third-order valence-corrected chi connectivity index (χ3v) is 2.86. The predicted molar refractivity (Wildman–Crippen MR) is 72.4 cm³/mol. The van der Waals surface area contributed by atoms with Crippen molar-refractivity contribution in [1.82, 2.24) is 5.32 Å². The summed E-state index contributed by atoms with van der Waals surface area (Å²) in [5.74, 6) is 1.13. The lowest BCUT2D eigenvalue weighted by Gasteiger charge is -2.13.